The standard InChI is InChI=1S/C32H41N3O5S/c1-7-25(4)33-32(37)30(20-26-12-9-8-10-13-26)34(21-27-14-11-15-29(19-27)40-5)31(36)22-35(41(6,38)39)28-17-23(2)16-24(3)18-28/h8-19,25,30H,7,20-22H2,1-6H3,(H,33,37)/t25-,30+/m0/s1. The predicted octanol–water partition coefficient (Wildman–Crippen LogP) is 4.63. The predicted molar refractivity (Wildman–Crippen MR) is 163 cm³/mol. The summed E-state index contributed by atoms with van der Waals surface area (Å²) >= 11 is 0. The first-order chi connectivity index (χ1) is 19.4. The van der Waals surface area contributed by atoms with Gasteiger partial charge in [-0.2, -0.15) is 0 Å². The summed E-state index contributed by atoms with van der Waals surface area (Å²) in [5.41, 5.74) is 3.80. The van der Waals surface area contributed by atoms with Gasteiger partial charge in [-0.3, -0.25) is 13.9 Å². The molecule has 2 atom stereocenters. The minimum atomic E-state index is -3.83. The third kappa shape index (κ3) is 9.08. The van der Waals surface area contributed by atoms with E-state index in [1.54, 1.807) is 25.3 Å². The van der Waals surface area contributed by atoms with Crippen molar-refractivity contribution in [1.82, 2.24) is 10.2 Å². The Morgan fingerprint density at radius 2 is 1.56 bits per heavy atom. The minimum absolute atomic E-state index is 0.0892. The third-order valence-electron chi connectivity index (χ3n) is 6.93. The van der Waals surface area contributed by atoms with Crippen LogP contribution in [0.4, 0.5) is 5.69 Å². The number of carbonyl (C=O) groups is 2. The highest BCUT2D eigenvalue weighted by molar-refractivity contribution is 7.92. The lowest BCUT2D eigenvalue weighted by Gasteiger charge is -2.34. The Labute approximate surface area is 244 Å². The van der Waals surface area contributed by atoms with Crippen molar-refractivity contribution in [1.29, 1.82) is 0 Å². The smallest absolute Gasteiger partial charge is 0.244 e. The molecule has 0 fully saturated rings. The molecule has 2 amide bonds. The molecule has 0 aliphatic rings. The molecule has 41 heavy (non-hydrogen) atoms. The van der Waals surface area contributed by atoms with E-state index in [1.807, 2.05) is 82.3 Å². The molecule has 0 aromatic heterocycles. The van der Waals surface area contributed by atoms with Crippen LogP contribution in [0.15, 0.2) is 72.8 Å². The van der Waals surface area contributed by atoms with Gasteiger partial charge in [0, 0.05) is 19.0 Å². The van der Waals surface area contributed by atoms with Crippen LogP contribution in [0.1, 0.15) is 42.5 Å². The molecule has 0 bridgehead atoms. The molecule has 9 heteroatoms. The molecular weight excluding hydrogens is 538 g/mol. The van der Waals surface area contributed by atoms with Crippen molar-refractivity contribution in [3.63, 3.8) is 0 Å². The van der Waals surface area contributed by atoms with Crippen LogP contribution in [-0.4, -0.2) is 57.1 Å². The zero-order chi connectivity index (χ0) is 30.2. The Morgan fingerprint density at radius 1 is 0.927 bits per heavy atom. The van der Waals surface area contributed by atoms with Crippen molar-refractivity contribution in [2.75, 3.05) is 24.2 Å². The highest BCUT2D eigenvalue weighted by Gasteiger charge is 2.33. The SMILES string of the molecule is CC[C@H](C)NC(=O)[C@@H](Cc1ccccc1)N(Cc1cccc(OC)c1)C(=O)CN(c1cc(C)cc(C)c1)S(C)(=O)=O. The maximum absolute atomic E-state index is 14.2. The third-order valence-corrected chi connectivity index (χ3v) is 8.07. The molecule has 0 unspecified atom stereocenters. The fraction of sp³-hybridized carbons (Fsp3) is 0.375. The number of aryl methyl sites for hydroxylation is 2. The fourth-order valence-corrected chi connectivity index (χ4v) is 5.50. The first-order valence-electron chi connectivity index (χ1n) is 13.7. The van der Waals surface area contributed by atoms with Gasteiger partial charge in [0.25, 0.3) is 0 Å². The van der Waals surface area contributed by atoms with E-state index in [0.29, 0.717) is 11.4 Å². The van der Waals surface area contributed by atoms with E-state index in [1.165, 1.54) is 4.90 Å². The topological polar surface area (TPSA) is 96.0 Å². The second kappa shape index (κ2) is 14.2. The average Bonchev–Trinajstić information content (AvgIpc) is 2.92. The fourth-order valence-electron chi connectivity index (χ4n) is 4.67. The summed E-state index contributed by atoms with van der Waals surface area (Å²) in [6.45, 7) is 7.28. The van der Waals surface area contributed by atoms with Crippen LogP contribution in [0.25, 0.3) is 0 Å². The van der Waals surface area contributed by atoms with E-state index in [9.17, 15) is 18.0 Å². The number of rotatable bonds is 13. The van der Waals surface area contributed by atoms with E-state index in [0.717, 1.165) is 39.2 Å². The molecule has 0 heterocycles. The molecule has 0 aliphatic heterocycles. The van der Waals surface area contributed by atoms with Gasteiger partial charge >= 0.3 is 0 Å². The molecule has 8 nitrogen and oxygen atoms in total. The number of nitrogens with one attached hydrogen (secondary N) is 1. The molecule has 3 aromatic rings. The van der Waals surface area contributed by atoms with Gasteiger partial charge in [-0.25, -0.2) is 8.42 Å². The van der Waals surface area contributed by atoms with Crippen LogP contribution in [0.5, 0.6) is 5.75 Å². The highest BCUT2D eigenvalue weighted by Crippen LogP contribution is 2.23. The lowest BCUT2D eigenvalue weighted by Crippen LogP contribution is -2.54. The minimum Gasteiger partial charge on any atom is -0.497 e. The molecule has 3 rings (SSSR count). The molecule has 0 radical (unpaired) electrons. The van der Waals surface area contributed by atoms with Gasteiger partial charge < -0.3 is 15.0 Å². The molecule has 0 saturated carbocycles. The van der Waals surface area contributed by atoms with Gasteiger partial charge in [0.2, 0.25) is 21.8 Å². The Balaban J connectivity index is 2.09. The van der Waals surface area contributed by atoms with Gasteiger partial charge in [-0.1, -0.05) is 55.5 Å². The summed E-state index contributed by atoms with van der Waals surface area (Å²) in [4.78, 5) is 29.4. The van der Waals surface area contributed by atoms with Gasteiger partial charge in [0.1, 0.15) is 18.3 Å². The molecule has 3 aromatic carbocycles. The van der Waals surface area contributed by atoms with Gasteiger partial charge in [0.05, 0.1) is 19.1 Å². The lowest BCUT2D eigenvalue weighted by molar-refractivity contribution is -0.140. The highest BCUT2D eigenvalue weighted by atomic mass is 32.2. The number of methoxy groups -OCH3 is 1. The maximum atomic E-state index is 14.2. The molecule has 1 N–H and O–H groups in total. The first-order valence-corrected chi connectivity index (χ1v) is 15.6. The van der Waals surface area contributed by atoms with Crippen molar-refractivity contribution in [2.45, 2.75) is 59.2 Å². The summed E-state index contributed by atoms with van der Waals surface area (Å²) in [6, 6.07) is 21.2. The number of ether oxygens (including phenoxy) is 1. The van der Waals surface area contributed by atoms with Crippen molar-refractivity contribution in [3.8, 4) is 5.75 Å². The van der Waals surface area contributed by atoms with Gasteiger partial charge in [-0.15, -0.1) is 0 Å². The molecular formula is C32H41N3O5S. The van der Waals surface area contributed by atoms with Crippen LogP contribution < -0.4 is 14.4 Å². The van der Waals surface area contributed by atoms with Crippen molar-refractivity contribution >= 4 is 27.5 Å². The van der Waals surface area contributed by atoms with E-state index < -0.39 is 28.5 Å². The molecule has 220 valence electrons. The van der Waals surface area contributed by atoms with Gasteiger partial charge in [-0.05, 0) is 73.7 Å². The number of amides is 2. The number of hydrogen-bond acceptors (Lipinski definition) is 5. The summed E-state index contributed by atoms with van der Waals surface area (Å²) in [7, 11) is -2.26. The second-order valence-electron chi connectivity index (χ2n) is 10.5. The largest absolute Gasteiger partial charge is 0.497 e. The van der Waals surface area contributed by atoms with Crippen LogP contribution in [0.3, 0.4) is 0 Å². The van der Waals surface area contributed by atoms with E-state index in [2.05, 4.69) is 5.32 Å². The zero-order valence-electron chi connectivity index (χ0n) is 24.8. The Morgan fingerprint density at radius 3 is 2.15 bits per heavy atom. The van der Waals surface area contributed by atoms with Crippen LogP contribution in [0, 0.1) is 13.8 Å². The summed E-state index contributed by atoms with van der Waals surface area (Å²) < 4.78 is 32.5. The summed E-state index contributed by atoms with van der Waals surface area (Å²) in [5.74, 6) is -0.166. The molecule has 0 saturated heterocycles. The number of hydrogen-bond donors (Lipinski definition) is 1. The van der Waals surface area contributed by atoms with Crippen molar-refractivity contribution < 1.29 is 22.7 Å². The number of anilines is 1. The van der Waals surface area contributed by atoms with E-state index >= 15 is 0 Å². The normalized spacial score (nSPS) is 12.7. The second-order valence-corrected chi connectivity index (χ2v) is 12.4. The monoisotopic (exact) mass is 579 g/mol. The Bertz CT molecular complexity index is 1420. The summed E-state index contributed by atoms with van der Waals surface area (Å²) in [6.07, 6.45) is 2.07. The zero-order valence-corrected chi connectivity index (χ0v) is 25.6. The first kappa shape index (κ1) is 31.7. The van der Waals surface area contributed by atoms with Crippen LogP contribution >= 0.6 is 0 Å². The number of benzene rings is 3. The van der Waals surface area contributed by atoms with Crippen molar-refractivity contribution in [3.05, 3.63) is 95.1 Å². The number of sulfonamides is 1. The Hall–Kier alpha value is -3.85. The number of carbonyl (C=O) groups excluding carboxylic acids is 2. The average molecular weight is 580 g/mol. The van der Waals surface area contributed by atoms with Gasteiger partial charge in [0.15, 0.2) is 0 Å². The quantitative estimate of drug-likeness (QED) is 0.319. The lowest BCUT2D eigenvalue weighted by atomic mass is 10.0. The number of nitrogens with zero attached hydrogens (tertiary/aromatic N) is 2. The Kier molecular flexibility index (Phi) is 10.9. The van der Waals surface area contributed by atoms with Crippen LogP contribution in [-0.2, 0) is 32.6 Å². The molecule has 0 spiro atoms. The summed E-state index contributed by atoms with van der Waals surface area (Å²) in [5, 5.41) is 3.03. The molecule has 0 aliphatic carbocycles. The van der Waals surface area contributed by atoms with Crippen LogP contribution in [0.2, 0.25) is 0 Å². The van der Waals surface area contributed by atoms with E-state index in [-0.39, 0.29) is 24.9 Å². The van der Waals surface area contributed by atoms with Crippen molar-refractivity contribution in [2.24, 2.45) is 0 Å². The maximum Gasteiger partial charge on any atom is 0.244 e. The van der Waals surface area contributed by atoms with E-state index in [4.69, 9.17) is 4.74 Å².